The van der Waals surface area contributed by atoms with Crippen LogP contribution in [0.15, 0.2) is 28.7 Å². The standard InChI is InChI=1S/C14H23BrN2/c1-4-9-17(3)14(13(16)5-2)11-7-6-8-12(15)10-11/h6-8,10,13-14H,4-5,9,16H2,1-3H3. The van der Waals surface area contributed by atoms with Gasteiger partial charge in [-0.2, -0.15) is 0 Å². The zero-order valence-electron chi connectivity index (χ0n) is 11.0. The smallest absolute Gasteiger partial charge is 0.0496 e. The number of hydrogen-bond donors (Lipinski definition) is 1. The van der Waals surface area contributed by atoms with E-state index in [9.17, 15) is 0 Å². The molecule has 1 rings (SSSR count). The third-order valence-electron chi connectivity index (χ3n) is 3.12. The monoisotopic (exact) mass is 298 g/mol. The summed E-state index contributed by atoms with van der Waals surface area (Å²) in [7, 11) is 2.16. The van der Waals surface area contributed by atoms with Crippen molar-refractivity contribution in [1.82, 2.24) is 4.90 Å². The van der Waals surface area contributed by atoms with Gasteiger partial charge in [0.25, 0.3) is 0 Å². The lowest BCUT2D eigenvalue weighted by Gasteiger charge is -2.32. The molecule has 0 heterocycles. The highest BCUT2D eigenvalue weighted by Crippen LogP contribution is 2.26. The second-order valence-corrected chi connectivity index (χ2v) is 5.47. The van der Waals surface area contributed by atoms with Gasteiger partial charge >= 0.3 is 0 Å². The van der Waals surface area contributed by atoms with E-state index in [0.29, 0.717) is 6.04 Å². The molecule has 0 fully saturated rings. The molecular formula is C14H23BrN2. The van der Waals surface area contributed by atoms with Crippen LogP contribution in [-0.2, 0) is 0 Å². The highest BCUT2D eigenvalue weighted by Gasteiger charge is 2.22. The maximum absolute atomic E-state index is 6.27. The first-order valence-corrected chi connectivity index (χ1v) is 7.10. The van der Waals surface area contributed by atoms with Crippen molar-refractivity contribution < 1.29 is 0 Å². The zero-order chi connectivity index (χ0) is 12.8. The first-order chi connectivity index (χ1) is 8.10. The molecule has 17 heavy (non-hydrogen) atoms. The number of nitrogens with zero attached hydrogens (tertiary/aromatic N) is 1. The normalized spacial score (nSPS) is 14.9. The lowest BCUT2D eigenvalue weighted by Crippen LogP contribution is -2.39. The third-order valence-corrected chi connectivity index (χ3v) is 3.61. The number of likely N-dealkylation sites (N-methyl/N-ethyl adjacent to an activating group) is 1. The molecule has 0 saturated heterocycles. The summed E-state index contributed by atoms with van der Waals surface area (Å²) < 4.78 is 1.12. The van der Waals surface area contributed by atoms with Gasteiger partial charge in [-0.1, -0.05) is 41.9 Å². The van der Waals surface area contributed by atoms with Crippen LogP contribution in [0.4, 0.5) is 0 Å². The molecule has 0 aromatic heterocycles. The van der Waals surface area contributed by atoms with Gasteiger partial charge in [-0.05, 0) is 44.1 Å². The van der Waals surface area contributed by atoms with E-state index in [0.717, 1.165) is 23.9 Å². The molecule has 2 nitrogen and oxygen atoms in total. The number of halogens is 1. The van der Waals surface area contributed by atoms with Crippen LogP contribution >= 0.6 is 15.9 Å². The fourth-order valence-electron chi connectivity index (χ4n) is 2.23. The predicted molar refractivity (Wildman–Crippen MR) is 78.1 cm³/mol. The van der Waals surface area contributed by atoms with Crippen molar-refractivity contribution in [3.8, 4) is 0 Å². The first-order valence-electron chi connectivity index (χ1n) is 6.31. The zero-order valence-corrected chi connectivity index (χ0v) is 12.6. The van der Waals surface area contributed by atoms with E-state index in [-0.39, 0.29) is 6.04 Å². The molecule has 2 unspecified atom stereocenters. The van der Waals surface area contributed by atoms with Crippen LogP contribution in [0.3, 0.4) is 0 Å². The highest BCUT2D eigenvalue weighted by molar-refractivity contribution is 9.10. The van der Waals surface area contributed by atoms with Gasteiger partial charge in [0.05, 0.1) is 0 Å². The second-order valence-electron chi connectivity index (χ2n) is 4.55. The van der Waals surface area contributed by atoms with Gasteiger partial charge in [0.15, 0.2) is 0 Å². The molecule has 0 saturated carbocycles. The first kappa shape index (κ1) is 14.7. The molecule has 0 aliphatic rings. The number of benzene rings is 1. The van der Waals surface area contributed by atoms with Gasteiger partial charge in [0.1, 0.15) is 0 Å². The van der Waals surface area contributed by atoms with Crippen LogP contribution in [0.1, 0.15) is 38.3 Å². The Morgan fingerprint density at radius 2 is 2.06 bits per heavy atom. The van der Waals surface area contributed by atoms with E-state index in [1.165, 1.54) is 5.56 Å². The summed E-state index contributed by atoms with van der Waals surface area (Å²) in [6.07, 6.45) is 2.14. The Hall–Kier alpha value is -0.380. The molecule has 0 bridgehead atoms. The van der Waals surface area contributed by atoms with Crippen molar-refractivity contribution in [1.29, 1.82) is 0 Å². The van der Waals surface area contributed by atoms with Crippen LogP contribution in [0.25, 0.3) is 0 Å². The summed E-state index contributed by atoms with van der Waals surface area (Å²) >= 11 is 3.53. The molecule has 2 atom stereocenters. The average Bonchev–Trinajstić information content (AvgIpc) is 2.29. The molecular weight excluding hydrogens is 276 g/mol. The van der Waals surface area contributed by atoms with Crippen molar-refractivity contribution in [2.24, 2.45) is 5.73 Å². The minimum absolute atomic E-state index is 0.181. The lowest BCUT2D eigenvalue weighted by atomic mass is 9.96. The molecule has 3 heteroatoms. The molecule has 0 aliphatic heterocycles. The van der Waals surface area contributed by atoms with Crippen molar-refractivity contribution in [2.45, 2.75) is 38.8 Å². The number of nitrogens with two attached hydrogens (primary N) is 1. The van der Waals surface area contributed by atoms with Crippen molar-refractivity contribution in [3.63, 3.8) is 0 Å². The summed E-state index contributed by atoms with van der Waals surface area (Å²) in [5.74, 6) is 0. The molecule has 0 radical (unpaired) electrons. The SMILES string of the molecule is CCCN(C)C(c1cccc(Br)c1)C(N)CC. The van der Waals surface area contributed by atoms with Crippen molar-refractivity contribution in [2.75, 3.05) is 13.6 Å². The summed E-state index contributed by atoms with van der Waals surface area (Å²) in [6.45, 7) is 5.42. The molecule has 96 valence electrons. The van der Waals surface area contributed by atoms with Crippen molar-refractivity contribution in [3.05, 3.63) is 34.3 Å². The molecule has 0 amide bonds. The van der Waals surface area contributed by atoms with Gasteiger partial charge in [0.2, 0.25) is 0 Å². The summed E-state index contributed by atoms with van der Waals surface area (Å²) in [6, 6.07) is 8.95. The lowest BCUT2D eigenvalue weighted by molar-refractivity contribution is 0.210. The third kappa shape index (κ3) is 4.09. The number of hydrogen-bond acceptors (Lipinski definition) is 2. The van der Waals surface area contributed by atoms with E-state index < -0.39 is 0 Å². The van der Waals surface area contributed by atoms with Gasteiger partial charge < -0.3 is 5.73 Å². The molecule has 1 aromatic carbocycles. The maximum Gasteiger partial charge on any atom is 0.0496 e. The van der Waals surface area contributed by atoms with E-state index in [1.807, 2.05) is 0 Å². The average molecular weight is 299 g/mol. The number of rotatable bonds is 6. The topological polar surface area (TPSA) is 29.3 Å². The Morgan fingerprint density at radius 1 is 1.35 bits per heavy atom. The Bertz CT molecular complexity index is 341. The van der Waals surface area contributed by atoms with Crippen LogP contribution in [0.5, 0.6) is 0 Å². The second kappa shape index (κ2) is 7.14. The van der Waals surface area contributed by atoms with E-state index >= 15 is 0 Å². The van der Waals surface area contributed by atoms with Gasteiger partial charge in [-0.3, -0.25) is 4.90 Å². The Labute approximate surface area is 113 Å². The van der Waals surface area contributed by atoms with Crippen LogP contribution in [0.2, 0.25) is 0 Å². The van der Waals surface area contributed by atoms with Crippen molar-refractivity contribution >= 4 is 15.9 Å². The Balaban J connectivity index is 2.97. The Kier molecular flexibility index (Phi) is 6.17. The summed E-state index contributed by atoms with van der Waals surface area (Å²) in [5, 5.41) is 0. The minimum atomic E-state index is 0.181. The molecule has 0 aliphatic carbocycles. The van der Waals surface area contributed by atoms with Crippen LogP contribution in [0, 0.1) is 0 Å². The highest BCUT2D eigenvalue weighted by atomic mass is 79.9. The summed E-state index contributed by atoms with van der Waals surface area (Å²) in [4.78, 5) is 2.36. The van der Waals surface area contributed by atoms with E-state index in [2.05, 4.69) is 66.0 Å². The fraction of sp³-hybridized carbons (Fsp3) is 0.571. The largest absolute Gasteiger partial charge is 0.326 e. The molecule has 0 spiro atoms. The molecule has 2 N–H and O–H groups in total. The Morgan fingerprint density at radius 3 is 2.59 bits per heavy atom. The molecule has 1 aromatic rings. The van der Waals surface area contributed by atoms with Gasteiger partial charge in [0, 0.05) is 16.6 Å². The van der Waals surface area contributed by atoms with Gasteiger partial charge in [-0.25, -0.2) is 0 Å². The van der Waals surface area contributed by atoms with Crippen LogP contribution < -0.4 is 5.73 Å². The predicted octanol–water partition coefficient (Wildman–Crippen LogP) is 3.57. The maximum atomic E-state index is 6.27. The summed E-state index contributed by atoms with van der Waals surface area (Å²) in [5.41, 5.74) is 7.57. The fourth-order valence-corrected chi connectivity index (χ4v) is 2.65. The van der Waals surface area contributed by atoms with E-state index in [1.54, 1.807) is 0 Å². The quantitative estimate of drug-likeness (QED) is 0.870. The van der Waals surface area contributed by atoms with Crippen LogP contribution in [-0.4, -0.2) is 24.5 Å². The van der Waals surface area contributed by atoms with Gasteiger partial charge in [-0.15, -0.1) is 0 Å². The minimum Gasteiger partial charge on any atom is -0.326 e. The van der Waals surface area contributed by atoms with E-state index in [4.69, 9.17) is 5.73 Å².